The highest BCUT2D eigenvalue weighted by Gasteiger charge is 2.48. The van der Waals surface area contributed by atoms with E-state index in [0.29, 0.717) is 5.92 Å². The van der Waals surface area contributed by atoms with Gasteiger partial charge in [-0.25, -0.2) is 0 Å². The van der Waals surface area contributed by atoms with Crippen LogP contribution >= 0.6 is 0 Å². The van der Waals surface area contributed by atoms with Crippen LogP contribution < -0.4 is 0 Å². The number of ether oxygens (including phenoxy) is 1. The second kappa shape index (κ2) is 3.23. The van der Waals surface area contributed by atoms with Gasteiger partial charge in [0.1, 0.15) is 0 Å². The highest BCUT2D eigenvalue weighted by molar-refractivity contribution is 4.97. The van der Waals surface area contributed by atoms with Crippen LogP contribution in [0.25, 0.3) is 0 Å². The van der Waals surface area contributed by atoms with Crippen molar-refractivity contribution in [3.05, 3.63) is 0 Å². The lowest BCUT2D eigenvalue weighted by molar-refractivity contribution is -0.229. The van der Waals surface area contributed by atoms with Crippen molar-refractivity contribution in [1.82, 2.24) is 0 Å². The lowest BCUT2D eigenvalue weighted by Crippen LogP contribution is -2.54. The maximum atomic E-state index is 6.38. The minimum Gasteiger partial charge on any atom is -0.369 e. The minimum atomic E-state index is 0.0859. The van der Waals surface area contributed by atoms with Crippen LogP contribution in [0.5, 0.6) is 0 Å². The van der Waals surface area contributed by atoms with Gasteiger partial charge in [0.2, 0.25) is 0 Å². The van der Waals surface area contributed by atoms with Crippen LogP contribution in [-0.4, -0.2) is 11.2 Å². The summed E-state index contributed by atoms with van der Waals surface area (Å²) in [4.78, 5) is 0. The Labute approximate surface area is 88.2 Å². The van der Waals surface area contributed by atoms with Crippen molar-refractivity contribution < 1.29 is 4.74 Å². The normalized spacial score (nSPS) is 47.1. The summed E-state index contributed by atoms with van der Waals surface area (Å²) in [5, 5.41) is 0. The number of fused-ring (bicyclic) bond motifs is 1. The summed E-state index contributed by atoms with van der Waals surface area (Å²) >= 11 is 0. The fraction of sp³-hybridized carbons (Fsp3) is 1.00. The molecule has 1 heteroatoms. The summed E-state index contributed by atoms with van der Waals surface area (Å²) in [5.74, 6) is 1.53. The van der Waals surface area contributed by atoms with Gasteiger partial charge in [-0.3, -0.25) is 0 Å². The van der Waals surface area contributed by atoms with Crippen molar-refractivity contribution in [1.29, 1.82) is 0 Å². The first-order chi connectivity index (χ1) is 6.44. The van der Waals surface area contributed by atoms with Gasteiger partial charge in [0.15, 0.2) is 0 Å². The fourth-order valence-electron chi connectivity index (χ4n) is 3.29. The smallest absolute Gasteiger partial charge is 0.0690 e. The second-order valence-electron chi connectivity index (χ2n) is 6.10. The maximum Gasteiger partial charge on any atom is 0.0690 e. The van der Waals surface area contributed by atoms with Crippen LogP contribution in [0, 0.1) is 11.8 Å². The number of rotatable bonds is 0. The molecule has 0 spiro atoms. The number of hydrogen-bond acceptors (Lipinski definition) is 1. The van der Waals surface area contributed by atoms with Gasteiger partial charge in [0.05, 0.1) is 11.2 Å². The van der Waals surface area contributed by atoms with E-state index in [0.717, 1.165) is 5.92 Å². The summed E-state index contributed by atoms with van der Waals surface area (Å²) in [7, 11) is 0. The van der Waals surface area contributed by atoms with E-state index in [2.05, 4.69) is 27.7 Å². The van der Waals surface area contributed by atoms with Gasteiger partial charge in [-0.15, -0.1) is 0 Å². The van der Waals surface area contributed by atoms with Crippen LogP contribution in [-0.2, 0) is 4.74 Å². The second-order valence-corrected chi connectivity index (χ2v) is 6.10. The molecule has 0 aromatic carbocycles. The zero-order valence-electron chi connectivity index (χ0n) is 10.1. The molecular weight excluding hydrogens is 172 g/mol. The zero-order valence-corrected chi connectivity index (χ0v) is 10.1. The molecule has 0 radical (unpaired) electrons. The van der Waals surface area contributed by atoms with E-state index in [9.17, 15) is 0 Å². The van der Waals surface area contributed by atoms with Gasteiger partial charge in [0, 0.05) is 0 Å². The fourth-order valence-corrected chi connectivity index (χ4v) is 3.29. The predicted molar refractivity (Wildman–Crippen MR) is 59.3 cm³/mol. The largest absolute Gasteiger partial charge is 0.369 e. The third-order valence-electron chi connectivity index (χ3n) is 4.66. The van der Waals surface area contributed by atoms with Crippen molar-refractivity contribution in [2.24, 2.45) is 11.8 Å². The van der Waals surface area contributed by atoms with Crippen LogP contribution in [0.3, 0.4) is 0 Å². The molecule has 3 atom stereocenters. The average molecular weight is 196 g/mol. The Morgan fingerprint density at radius 3 is 2.57 bits per heavy atom. The highest BCUT2D eigenvalue weighted by atomic mass is 16.5. The Bertz CT molecular complexity index is 221. The number of hydrogen-bond donors (Lipinski definition) is 0. The van der Waals surface area contributed by atoms with Crippen molar-refractivity contribution in [2.45, 2.75) is 71.0 Å². The first-order valence-corrected chi connectivity index (χ1v) is 6.14. The van der Waals surface area contributed by atoms with Crippen molar-refractivity contribution in [2.75, 3.05) is 0 Å². The molecule has 0 amide bonds. The van der Waals surface area contributed by atoms with Gasteiger partial charge in [0.25, 0.3) is 0 Å². The Hall–Kier alpha value is -0.0400. The topological polar surface area (TPSA) is 9.23 Å². The van der Waals surface area contributed by atoms with E-state index in [4.69, 9.17) is 4.74 Å². The molecule has 0 aromatic heterocycles. The molecule has 1 nitrogen and oxygen atoms in total. The Balaban J connectivity index is 2.18. The standard InChI is InChI=1S/C13H24O/c1-10-9-11-7-5-6-8-13(11,4)14-12(10,2)3/h10-11H,5-9H2,1-4H3. The quantitative estimate of drug-likeness (QED) is 0.573. The molecule has 0 aromatic rings. The van der Waals surface area contributed by atoms with Gasteiger partial charge < -0.3 is 4.74 Å². The summed E-state index contributed by atoms with van der Waals surface area (Å²) in [5.41, 5.74) is 0.275. The first kappa shape index (κ1) is 10.5. The molecule has 2 aliphatic rings. The molecule has 1 heterocycles. The molecular formula is C13H24O. The van der Waals surface area contributed by atoms with Crippen molar-refractivity contribution in [3.8, 4) is 0 Å². The maximum absolute atomic E-state index is 6.38. The molecule has 14 heavy (non-hydrogen) atoms. The Morgan fingerprint density at radius 1 is 1.14 bits per heavy atom. The van der Waals surface area contributed by atoms with Crippen LogP contribution in [0.15, 0.2) is 0 Å². The lowest BCUT2D eigenvalue weighted by atomic mass is 9.67. The molecule has 1 aliphatic carbocycles. The van der Waals surface area contributed by atoms with Gasteiger partial charge in [-0.05, 0) is 51.9 Å². The van der Waals surface area contributed by atoms with E-state index in [1.807, 2.05) is 0 Å². The minimum absolute atomic E-state index is 0.0859. The first-order valence-electron chi connectivity index (χ1n) is 6.14. The SMILES string of the molecule is CC1CC2CCCCC2(C)OC1(C)C. The third kappa shape index (κ3) is 1.60. The average Bonchev–Trinajstić information content (AvgIpc) is 2.06. The van der Waals surface area contributed by atoms with Crippen LogP contribution in [0.4, 0.5) is 0 Å². The van der Waals surface area contributed by atoms with E-state index >= 15 is 0 Å². The van der Waals surface area contributed by atoms with E-state index in [-0.39, 0.29) is 11.2 Å². The van der Waals surface area contributed by atoms with Gasteiger partial charge in [-0.1, -0.05) is 19.8 Å². The molecule has 1 saturated carbocycles. The van der Waals surface area contributed by atoms with E-state index in [1.165, 1.54) is 32.1 Å². The van der Waals surface area contributed by atoms with Crippen LogP contribution in [0.2, 0.25) is 0 Å². The predicted octanol–water partition coefficient (Wildman–Crippen LogP) is 3.77. The molecule has 0 bridgehead atoms. The van der Waals surface area contributed by atoms with E-state index in [1.54, 1.807) is 0 Å². The molecule has 3 unspecified atom stereocenters. The molecule has 1 saturated heterocycles. The summed E-state index contributed by atoms with van der Waals surface area (Å²) < 4.78 is 6.38. The molecule has 0 N–H and O–H groups in total. The Kier molecular flexibility index (Phi) is 2.42. The molecule has 82 valence electrons. The Morgan fingerprint density at radius 2 is 1.86 bits per heavy atom. The summed E-state index contributed by atoms with van der Waals surface area (Å²) in [6.07, 6.45) is 6.79. The van der Waals surface area contributed by atoms with Crippen molar-refractivity contribution >= 4 is 0 Å². The lowest BCUT2D eigenvalue weighted by Gasteiger charge is -2.54. The van der Waals surface area contributed by atoms with Crippen LogP contribution in [0.1, 0.15) is 59.8 Å². The summed E-state index contributed by atoms with van der Waals surface area (Å²) in [6, 6.07) is 0. The van der Waals surface area contributed by atoms with Gasteiger partial charge in [-0.2, -0.15) is 0 Å². The zero-order chi connectivity index (χ0) is 10.4. The highest BCUT2D eigenvalue weighted by Crippen LogP contribution is 2.49. The monoisotopic (exact) mass is 196 g/mol. The third-order valence-corrected chi connectivity index (χ3v) is 4.66. The molecule has 1 aliphatic heterocycles. The van der Waals surface area contributed by atoms with Gasteiger partial charge >= 0.3 is 0 Å². The van der Waals surface area contributed by atoms with E-state index < -0.39 is 0 Å². The molecule has 2 rings (SSSR count). The molecule has 2 fully saturated rings. The summed E-state index contributed by atoms with van der Waals surface area (Å²) in [6.45, 7) is 9.19. The van der Waals surface area contributed by atoms with Crippen molar-refractivity contribution in [3.63, 3.8) is 0 Å².